The molecule has 7 nitrogen and oxygen atoms in total. The Morgan fingerprint density at radius 1 is 0.471 bits per heavy atom. The van der Waals surface area contributed by atoms with Crippen LogP contribution in [0.4, 0.5) is 0 Å². The first kappa shape index (κ1) is 65.1. The summed E-state index contributed by atoms with van der Waals surface area (Å²) in [6.45, 7) is 4.58. The molecule has 2 aromatic heterocycles. The minimum absolute atomic E-state index is 0.131. The van der Waals surface area contributed by atoms with Gasteiger partial charge >= 0.3 is 5.97 Å². The second kappa shape index (κ2) is 32.8. The summed E-state index contributed by atoms with van der Waals surface area (Å²) in [7, 11) is -4.26. The van der Waals surface area contributed by atoms with Crippen molar-refractivity contribution in [3.63, 3.8) is 0 Å². The van der Waals surface area contributed by atoms with Gasteiger partial charge in [-0.3, -0.25) is 4.79 Å². The van der Waals surface area contributed by atoms with Crippen LogP contribution < -0.4 is 5.11 Å². The van der Waals surface area contributed by atoms with Gasteiger partial charge in [-0.25, -0.2) is 8.42 Å². The number of aliphatic carboxylic acids is 1. The second-order valence-electron chi connectivity index (χ2n) is 27.1. The molecular weight excluding hydrogens is 1110 g/mol. The molecule has 0 amide bonds. The Morgan fingerprint density at radius 2 is 0.824 bits per heavy atom. The summed E-state index contributed by atoms with van der Waals surface area (Å²) in [6, 6.07) is 40.9. The van der Waals surface area contributed by atoms with Gasteiger partial charge in [0.15, 0.2) is 19.2 Å². The highest BCUT2D eigenvalue weighted by Gasteiger charge is 2.52. The fourth-order valence-corrected chi connectivity index (χ4v) is 20.6. The predicted molar refractivity (Wildman–Crippen MR) is 354 cm³/mol. The Kier molecular flexibility index (Phi) is 25.1. The van der Waals surface area contributed by atoms with Crippen molar-refractivity contribution >= 4 is 63.2 Å². The monoisotopic (exact) mass is 1210 g/mol. The summed E-state index contributed by atoms with van der Waals surface area (Å²) in [5.74, 6) is 1.79. The maximum Gasteiger partial charge on any atom is 0.320 e. The van der Waals surface area contributed by atoms with Crippen LogP contribution in [0.25, 0.3) is 30.0 Å². The molecule has 10 heteroatoms. The summed E-state index contributed by atoms with van der Waals surface area (Å²) in [4.78, 5) is 25.5. The summed E-state index contributed by atoms with van der Waals surface area (Å²) in [5, 5.41) is 18.6. The van der Waals surface area contributed by atoms with E-state index in [0.717, 1.165) is 56.8 Å². The van der Waals surface area contributed by atoms with Crippen molar-refractivity contribution in [2.24, 2.45) is 46.8 Å². The van der Waals surface area contributed by atoms with Gasteiger partial charge < -0.3 is 19.2 Å². The lowest BCUT2D eigenvalue weighted by Crippen LogP contribution is -2.54. The number of carbonyl (C=O) groups excluding carboxylic acids is 2. The third kappa shape index (κ3) is 19.3. The van der Waals surface area contributed by atoms with Crippen LogP contribution in [0.2, 0.25) is 0 Å². The predicted octanol–water partition coefficient (Wildman–Crippen LogP) is 19.9. The summed E-state index contributed by atoms with van der Waals surface area (Å²) in [5.41, 5.74) is 2.60. The Hall–Kier alpha value is -4.35. The fourth-order valence-electron chi connectivity index (χ4n) is 16.5. The standard InChI is InChI=1S/2C26H35S.C12H18O5S.C11H16O2/c2*1-2-3-4-5-6-7-8-9-10-11-14-23-17-19-25(20-18-23)27-22-21-24-15-12-13-16-26(24)27;13-11(6-18(14,15)16)17-12-9-2-7-1-8(4-9)5-10(12)3-7;12-10(13)11-4-7-1-8(5-11)3-9(2-7)6-11/h2*12-13,15-22H,2-11,14H2,1H3;7-10,12H,1-6H2,(H,14,15,16);7-9H,1-6H2,(H,12,13)/q2*+1;;/p-2. The largest absolute Gasteiger partial charge is 0.748 e. The molecule has 2 atom stereocenters. The number of ether oxygens (including phenoxy) is 1. The molecule has 462 valence electrons. The number of thiophene rings is 2. The van der Waals surface area contributed by atoms with E-state index in [0.29, 0.717) is 29.6 Å². The number of carboxylic acid groups (broad SMARTS) is 1. The Morgan fingerprint density at radius 3 is 1.19 bits per heavy atom. The maximum absolute atomic E-state index is 11.4. The zero-order valence-electron chi connectivity index (χ0n) is 51.8. The average Bonchev–Trinajstić information content (AvgIpc) is 2.27. The van der Waals surface area contributed by atoms with Crippen LogP contribution in [0.5, 0.6) is 0 Å². The lowest BCUT2D eigenvalue weighted by molar-refractivity contribution is -0.327. The minimum atomic E-state index is -4.52. The van der Waals surface area contributed by atoms with Gasteiger partial charge in [-0.05, 0) is 197 Å². The topological polar surface area (TPSA) is 124 Å². The van der Waals surface area contributed by atoms with Crippen LogP contribution in [-0.4, -0.2) is 36.8 Å². The van der Waals surface area contributed by atoms with Gasteiger partial charge in [0.05, 0.1) is 0 Å². The zero-order chi connectivity index (χ0) is 59.4. The van der Waals surface area contributed by atoms with Gasteiger partial charge in [0, 0.05) is 55.2 Å². The molecule has 8 bridgehead atoms. The molecule has 0 aliphatic heterocycles. The van der Waals surface area contributed by atoms with Gasteiger partial charge in [0.25, 0.3) is 0 Å². The zero-order valence-corrected chi connectivity index (χ0v) is 54.2. The first-order chi connectivity index (χ1) is 41.3. The number of carbonyl (C=O) groups is 2. The fraction of sp³-hybridized carbons (Fsp3) is 0.600. The lowest BCUT2D eigenvalue weighted by atomic mass is 9.49. The van der Waals surface area contributed by atoms with Crippen molar-refractivity contribution in [1.29, 1.82) is 0 Å². The van der Waals surface area contributed by atoms with E-state index >= 15 is 0 Å². The highest BCUT2D eigenvalue weighted by Crippen LogP contribution is 2.60. The van der Waals surface area contributed by atoms with Crippen molar-refractivity contribution in [3.05, 3.63) is 131 Å². The number of benzene rings is 4. The number of carboxylic acids is 1. The summed E-state index contributed by atoms with van der Waals surface area (Å²) in [6.07, 6.45) is 42.9. The molecule has 8 fully saturated rings. The van der Waals surface area contributed by atoms with Crippen LogP contribution in [0, 0.1) is 46.8 Å². The van der Waals surface area contributed by atoms with Crippen LogP contribution in [0.3, 0.4) is 0 Å². The number of aryl methyl sites for hydroxylation is 2. The van der Waals surface area contributed by atoms with Gasteiger partial charge in [-0.2, -0.15) is 0 Å². The van der Waals surface area contributed by atoms with Gasteiger partial charge in [0.1, 0.15) is 32.7 Å². The smallest absolute Gasteiger partial charge is 0.320 e. The molecule has 14 rings (SSSR count). The van der Waals surface area contributed by atoms with E-state index in [1.807, 2.05) is 0 Å². The molecule has 8 aliphatic carbocycles. The minimum Gasteiger partial charge on any atom is -0.748 e. The molecule has 0 spiro atoms. The molecule has 0 radical (unpaired) electrons. The van der Waals surface area contributed by atoms with E-state index < -0.39 is 33.2 Å². The highest BCUT2D eigenvalue weighted by molar-refractivity contribution is 7.86. The molecule has 0 saturated heterocycles. The SMILES string of the molecule is CCCCCCCCCCCCc1ccc(-[s+]2ccc3ccccc32)cc1.CCCCCCCCCCCCc1ccc(-[s+]2ccc3ccccc32)cc1.O=C(CS(=O)(=O)[O-])OC1C2CC3CC(C2)CC1C3.O=C([O-])C12CC3CC(CC(C3)C1)C2. The number of fused-ring (bicyclic) bond motifs is 2. The average molecular weight is 1210 g/mol. The number of hydrogen-bond donors (Lipinski definition) is 0. The number of rotatable bonds is 28. The molecule has 8 aliphatic rings. The number of esters is 1. The summed E-state index contributed by atoms with van der Waals surface area (Å²) >= 11 is 0. The van der Waals surface area contributed by atoms with Crippen LogP contribution in [0.15, 0.2) is 120 Å². The molecule has 2 heterocycles. The molecule has 8 saturated carbocycles. The second-order valence-corrected chi connectivity index (χ2v) is 32.2. The third-order valence-corrected chi connectivity index (χ3v) is 24.9. The normalized spacial score (nSPS) is 24.5. The molecule has 4 aromatic carbocycles. The quantitative estimate of drug-likeness (QED) is 0.0207. The van der Waals surface area contributed by atoms with E-state index in [1.165, 1.54) is 208 Å². The van der Waals surface area contributed by atoms with Crippen LogP contribution in [-0.2, 0) is 37.3 Å². The van der Waals surface area contributed by atoms with Crippen LogP contribution in [0.1, 0.15) is 224 Å². The van der Waals surface area contributed by atoms with E-state index in [2.05, 4.69) is 134 Å². The van der Waals surface area contributed by atoms with Gasteiger partial charge in [-0.15, -0.1) is 0 Å². The Labute approximate surface area is 517 Å². The molecule has 85 heavy (non-hydrogen) atoms. The van der Waals surface area contributed by atoms with E-state index in [9.17, 15) is 27.7 Å². The molecule has 2 unspecified atom stereocenters. The third-order valence-electron chi connectivity index (χ3n) is 20.2. The van der Waals surface area contributed by atoms with E-state index in [4.69, 9.17) is 4.74 Å². The van der Waals surface area contributed by atoms with E-state index in [-0.39, 0.29) is 27.0 Å². The van der Waals surface area contributed by atoms with Gasteiger partial charge in [0.2, 0.25) is 0 Å². The van der Waals surface area contributed by atoms with Crippen molar-refractivity contribution < 1.29 is 32.4 Å². The van der Waals surface area contributed by atoms with Crippen LogP contribution >= 0.6 is 20.9 Å². The Bertz CT molecular complexity index is 2880. The van der Waals surface area contributed by atoms with E-state index in [1.54, 1.807) is 0 Å². The highest BCUT2D eigenvalue weighted by atomic mass is 32.2. The van der Waals surface area contributed by atoms with Crippen molar-refractivity contribution in [2.75, 3.05) is 5.75 Å². The number of unbranched alkanes of at least 4 members (excludes halogenated alkanes) is 18. The summed E-state index contributed by atoms with van der Waals surface area (Å²) < 4.78 is 39.8. The number of hydrogen-bond acceptors (Lipinski definition) is 7. The van der Waals surface area contributed by atoms with Crippen molar-refractivity contribution in [3.8, 4) is 9.79 Å². The maximum atomic E-state index is 11.4. The first-order valence-electron chi connectivity index (χ1n) is 33.9. The molecule has 6 aromatic rings. The first-order valence-corrected chi connectivity index (χ1v) is 38.0. The Balaban J connectivity index is 0.000000140. The molecule has 0 N–H and O–H groups in total. The van der Waals surface area contributed by atoms with Gasteiger partial charge in [-0.1, -0.05) is 178 Å². The van der Waals surface area contributed by atoms with Crippen molar-refractivity contribution in [1.82, 2.24) is 0 Å². The van der Waals surface area contributed by atoms with Crippen molar-refractivity contribution in [2.45, 2.75) is 232 Å². The molecular formula is C75H102O7S3. The lowest BCUT2D eigenvalue weighted by Gasteiger charge is -2.57.